The molecule has 3 aromatic rings. The lowest BCUT2D eigenvalue weighted by atomic mass is 9.92. The number of halogens is 2. The Morgan fingerprint density at radius 3 is 2.47 bits per heavy atom. The van der Waals surface area contributed by atoms with Crippen LogP contribution in [0.15, 0.2) is 54.6 Å². The van der Waals surface area contributed by atoms with E-state index >= 15 is 0 Å². The largest absolute Gasteiger partial charge is 0.385 e. The molecule has 0 saturated heterocycles. The summed E-state index contributed by atoms with van der Waals surface area (Å²) in [4.78, 5) is 27.3. The summed E-state index contributed by atoms with van der Waals surface area (Å²) in [5.41, 5.74) is 1.12. The quantitative estimate of drug-likeness (QED) is 0.370. The van der Waals surface area contributed by atoms with Gasteiger partial charge in [0.25, 0.3) is 0 Å². The lowest BCUT2D eigenvalue weighted by Crippen LogP contribution is -2.41. The highest BCUT2D eigenvalue weighted by Crippen LogP contribution is 2.29. The molecule has 1 aromatic heterocycles. The molecule has 3 rings (SSSR count). The number of hydrogen-bond donors (Lipinski definition) is 2. The van der Waals surface area contributed by atoms with Gasteiger partial charge in [-0.05, 0) is 30.7 Å². The highest BCUT2D eigenvalue weighted by Gasteiger charge is 2.24. The first-order valence-electron chi connectivity index (χ1n) is 11.5. The smallest absolute Gasteiger partial charge is 0.322 e. The van der Waals surface area contributed by atoms with Crippen LogP contribution in [-0.4, -0.2) is 53.4 Å². The zero-order valence-electron chi connectivity index (χ0n) is 20.8. The minimum atomic E-state index is -0.596. The Balaban J connectivity index is 1.82. The molecule has 0 saturated carbocycles. The minimum Gasteiger partial charge on any atom is -0.385 e. The van der Waals surface area contributed by atoms with Gasteiger partial charge in [-0.15, -0.1) is 0 Å². The number of nitrogens with one attached hydrogen (secondary N) is 2. The number of hydrogen-bond acceptors (Lipinski definition) is 4. The molecule has 2 aromatic carbocycles. The summed E-state index contributed by atoms with van der Waals surface area (Å²) in [5.74, 6) is -0.584. The number of anilines is 2. The number of carbonyl (C=O) groups excluding carboxylic acids is 2. The molecular weight excluding hydrogens is 485 g/mol. The number of benzene rings is 2. The lowest BCUT2D eigenvalue weighted by molar-refractivity contribution is -0.116. The Bertz CT molecular complexity index is 1210. The van der Waals surface area contributed by atoms with E-state index in [0.717, 1.165) is 5.69 Å². The van der Waals surface area contributed by atoms with Crippen molar-refractivity contribution in [1.82, 2.24) is 14.7 Å². The number of amides is 3. The predicted molar refractivity (Wildman–Crippen MR) is 139 cm³/mol. The number of methoxy groups -OCH3 is 1. The van der Waals surface area contributed by atoms with E-state index < -0.39 is 17.8 Å². The Kier molecular flexibility index (Phi) is 9.06. The number of aromatic nitrogens is 2. The third-order valence-corrected chi connectivity index (χ3v) is 5.66. The molecule has 0 radical (unpaired) electrons. The average Bonchev–Trinajstić information content (AvgIpc) is 3.24. The fourth-order valence-electron chi connectivity index (χ4n) is 3.41. The van der Waals surface area contributed by atoms with Gasteiger partial charge in [-0.2, -0.15) is 5.10 Å². The van der Waals surface area contributed by atoms with Crippen LogP contribution in [0.1, 0.15) is 32.9 Å². The van der Waals surface area contributed by atoms with E-state index in [1.165, 1.54) is 23.1 Å². The first kappa shape index (κ1) is 27.2. The number of ether oxygens (including phenoxy) is 1. The topological polar surface area (TPSA) is 88.5 Å². The standard InChI is InChI=1S/C26H31ClFN5O3/c1-26(2,3)22-16-23(33(31-22)21-13-8-5-10-18(21)27)30-24(34)17-32(14-9-15-36-4)25(35)29-20-12-7-6-11-19(20)28/h5-8,10-13,16H,9,14-15,17H2,1-4H3,(H,29,35)(H,30,34). The van der Waals surface area contributed by atoms with Crippen molar-refractivity contribution in [3.05, 3.63) is 71.1 Å². The minimum absolute atomic E-state index is 0.0336. The molecule has 192 valence electrons. The van der Waals surface area contributed by atoms with Crippen molar-refractivity contribution in [3.63, 3.8) is 0 Å². The molecule has 0 aliphatic rings. The van der Waals surface area contributed by atoms with Crippen molar-refractivity contribution in [2.45, 2.75) is 32.6 Å². The van der Waals surface area contributed by atoms with Crippen LogP contribution in [-0.2, 0) is 14.9 Å². The van der Waals surface area contributed by atoms with Gasteiger partial charge in [-0.1, -0.05) is 56.6 Å². The summed E-state index contributed by atoms with van der Waals surface area (Å²) in [7, 11) is 1.55. The number of carbonyl (C=O) groups is 2. The highest BCUT2D eigenvalue weighted by atomic mass is 35.5. The Hall–Kier alpha value is -3.43. The number of urea groups is 1. The summed E-state index contributed by atoms with van der Waals surface area (Å²) in [6.07, 6.45) is 0.500. The van der Waals surface area contributed by atoms with Gasteiger partial charge in [0.1, 0.15) is 18.2 Å². The van der Waals surface area contributed by atoms with Crippen molar-refractivity contribution >= 4 is 35.0 Å². The van der Waals surface area contributed by atoms with Crippen LogP contribution in [0.2, 0.25) is 5.02 Å². The monoisotopic (exact) mass is 515 g/mol. The maximum absolute atomic E-state index is 14.1. The van der Waals surface area contributed by atoms with Gasteiger partial charge in [-0.25, -0.2) is 13.9 Å². The number of para-hydroxylation sites is 2. The van der Waals surface area contributed by atoms with Gasteiger partial charge >= 0.3 is 6.03 Å². The predicted octanol–water partition coefficient (Wildman–Crippen LogP) is 5.47. The summed E-state index contributed by atoms with van der Waals surface area (Å²) >= 11 is 6.40. The second-order valence-electron chi connectivity index (χ2n) is 9.25. The molecule has 8 nitrogen and oxygen atoms in total. The van der Waals surface area contributed by atoms with Crippen molar-refractivity contribution in [1.29, 1.82) is 0 Å². The maximum Gasteiger partial charge on any atom is 0.322 e. The lowest BCUT2D eigenvalue weighted by Gasteiger charge is -2.23. The van der Waals surface area contributed by atoms with Gasteiger partial charge in [0.15, 0.2) is 0 Å². The first-order chi connectivity index (χ1) is 17.1. The molecule has 0 fully saturated rings. The van der Waals surface area contributed by atoms with Crippen molar-refractivity contribution in [2.75, 3.05) is 37.4 Å². The molecule has 0 atom stereocenters. The fourth-order valence-corrected chi connectivity index (χ4v) is 3.62. The molecule has 1 heterocycles. The first-order valence-corrected chi connectivity index (χ1v) is 11.9. The third kappa shape index (κ3) is 7.05. The van der Waals surface area contributed by atoms with Gasteiger partial charge in [-0.3, -0.25) is 4.79 Å². The summed E-state index contributed by atoms with van der Waals surface area (Å²) < 4.78 is 20.7. The highest BCUT2D eigenvalue weighted by molar-refractivity contribution is 6.32. The van der Waals surface area contributed by atoms with Crippen LogP contribution in [0.4, 0.5) is 20.7 Å². The van der Waals surface area contributed by atoms with Crippen LogP contribution >= 0.6 is 11.6 Å². The summed E-state index contributed by atoms with van der Waals surface area (Å²) in [5, 5.41) is 10.5. The van der Waals surface area contributed by atoms with Crippen LogP contribution in [0.3, 0.4) is 0 Å². The molecular formula is C26H31ClFN5O3. The van der Waals surface area contributed by atoms with E-state index in [0.29, 0.717) is 29.6 Å². The molecule has 0 aliphatic carbocycles. The molecule has 2 N–H and O–H groups in total. The summed E-state index contributed by atoms with van der Waals surface area (Å²) in [6.45, 7) is 6.42. The van der Waals surface area contributed by atoms with Crippen molar-refractivity contribution in [3.8, 4) is 5.69 Å². The molecule has 0 spiro atoms. The molecule has 36 heavy (non-hydrogen) atoms. The van der Waals surface area contributed by atoms with E-state index in [2.05, 4.69) is 15.7 Å². The van der Waals surface area contributed by atoms with Gasteiger partial charge in [0.05, 0.1) is 22.1 Å². The van der Waals surface area contributed by atoms with E-state index in [9.17, 15) is 14.0 Å². The van der Waals surface area contributed by atoms with Crippen LogP contribution in [0.25, 0.3) is 5.69 Å². The molecule has 0 unspecified atom stereocenters. The third-order valence-electron chi connectivity index (χ3n) is 5.34. The number of nitrogens with zero attached hydrogens (tertiary/aromatic N) is 3. The normalized spacial score (nSPS) is 11.3. The van der Waals surface area contributed by atoms with Crippen molar-refractivity contribution in [2.24, 2.45) is 0 Å². The van der Waals surface area contributed by atoms with Gasteiger partial charge in [0.2, 0.25) is 5.91 Å². The molecule has 10 heteroatoms. The van der Waals surface area contributed by atoms with Crippen LogP contribution in [0, 0.1) is 5.82 Å². The SMILES string of the molecule is COCCCN(CC(=O)Nc1cc(C(C)(C)C)nn1-c1ccccc1Cl)C(=O)Nc1ccccc1F. The Morgan fingerprint density at radius 2 is 1.81 bits per heavy atom. The fraction of sp³-hybridized carbons (Fsp3) is 0.346. The average molecular weight is 516 g/mol. The van der Waals surface area contributed by atoms with Gasteiger partial charge < -0.3 is 20.3 Å². The summed E-state index contributed by atoms with van der Waals surface area (Å²) in [6, 6.07) is 14.2. The van der Waals surface area contributed by atoms with E-state index in [1.54, 1.807) is 36.1 Å². The van der Waals surface area contributed by atoms with Crippen molar-refractivity contribution < 1.29 is 18.7 Å². The second kappa shape index (κ2) is 12.0. The van der Waals surface area contributed by atoms with Gasteiger partial charge in [0, 0.05) is 31.7 Å². The maximum atomic E-state index is 14.1. The molecule has 3 amide bonds. The zero-order valence-corrected chi connectivity index (χ0v) is 21.6. The van der Waals surface area contributed by atoms with Crippen LogP contribution < -0.4 is 10.6 Å². The molecule has 0 bridgehead atoms. The molecule has 0 aliphatic heterocycles. The van der Waals surface area contributed by atoms with E-state index in [-0.39, 0.29) is 24.2 Å². The Labute approximate surface area is 215 Å². The zero-order chi connectivity index (χ0) is 26.3. The second-order valence-corrected chi connectivity index (χ2v) is 9.66. The Morgan fingerprint density at radius 1 is 1.11 bits per heavy atom. The van der Waals surface area contributed by atoms with Crippen LogP contribution in [0.5, 0.6) is 0 Å². The van der Waals surface area contributed by atoms with E-state index in [1.807, 2.05) is 32.9 Å². The van der Waals surface area contributed by atoms with E-state index in [4.69, 9.17) is 16.3 Å². The number of rotatable bonds is 9.